The van der Waals surface area contributed by atoms with Gasteiger partial charge in [-0.25, -0.2) is 0 Å². The van der Waals surface area contributed by atoms with Crippen LogP contribution in [-0.4, -0.2) is 5.11 Å². The second kappa shape index (κ2) is 3.21. The van der Waals surface area contributed by atoms with E-state index >= 15 is 0 Å². The van der Waals surface area contributed by atoms with Crippen molar-refractivity contribution in [1.82, 2.24) is 0 Å². The van der Waals surface area contributed by atoms with Gasteiger partial charge in [0.1, 0.15) is 0 Å². The minimum atomic E-state index is 0.408. The van der Waals surface area contributed by atoms with Crippen molar-refractivity contribution in [3.8, 4) is 0 Å². The van der Waals surface area contributed by atoms with Gasteiger partial charge in [-0.05, 0) is 18.3 Å². The molecule has 1 aliphatic rings. The smallest absolute Gasteiger partial charge is 0.0827 e. The molecule has 1 heteroatoms. The number of aliphatic hydroxyl groups excluding tert-OH is 1. The highest BCUT2D eigenvalue weighted by atomic mass is 16.3. The molecule has 0 aromatic carbocycles. The molecule has 1 fully saturated rings. The van der Waals surface area contributed by atoms with Gasteiger partial charge in [-0.3, -0.25) is 0 Å². The second-order valence-electron chi connectivity index (χ2n) is 3.15. The third-order valence-electron chi connectivity index (χ3n) is 1.98. The predicted octanol–water partition coefficient (Wildman–Crippen LogP) is 2.35. The first-order valence-corrected chi connectivity index (χ1v) is 3.80. The van der Waals surface area contributed by atoms with Gasteiger partial charge in [0, 0.05) is 0 Å². The molecule has 0 spiro atoms. The largest absolute Gasteiger partial charge is 0.390 e. The Morgan fingerprint density at radius 3 is 2.78 bits per heavy atom. The van der Waals surface area contributed by atoms with Gasteiger partial charge in [-0.15, -0.1) is 0 Å². The average Bonchev–Trinajstić information content (AvgIpc) is 2.65. The van der Waals surface area contributed by atoms with E-state index in [2.05, 4.69) is 6.92 Å². The van der Waals surface area contributed by atoms with Crippen molar-refractivity contribution in [3.05, 3.63) is 6.61 Å². The fourth-order valence-corrected chi connectivity index (χ4v) is 0.980. The van der Waals surface area contributed by atoms with E-state index in [-0.39, 0.29) is 0 Å². The number of rotatable bonds is 4. The summed E-state index contributed by atoms with van der Waals surface area (Å²) in [4.78, 5) is 0. The van der Waals surface area contributed by atoms with E-state index in [1.807, 2.05) is 0 Å². The van der Waals surface area contributed by atoms with Crippen LogP contribution < -0.4 is 0 Å². The van der Waals surface area contributed by atoms with E-state index in [0.717, 1.165) is 5.92 Å². The third-order valence-corrected chi connectivity index (χ3v) is 1.98. The molecule has 1 N–H and O–H groups in total. The van der Waals surface area contributed by atoms with Crippen LogP contribution in [0.5, 0.6) is 0 Å². The summed E-state index contributed by atoms with van der Waals surface area (Å²) in [5, 5.41) is 8.54. The highest BCUT2D eigenvalue weighted by Gasteiger charge is 2.21. The van der Waals surface area contributed by atoms with Crippen molar-refractivity contribution in [2.24, 2.45) is 11.8 Å². The first-order chi connectivity index (χ1) is 4.33. The summed E-state index contributed by atoms with van der Waals surface area (Å²) in [5.41, 5.74) is 0. The molecule has 1 atom stereocenters. The standard InChI is InChI=1S/C8H15O/c1-7(6-9)2-3-8-4-5-8/h6-9H,2-5H2,1H3. The molecule has 0 aromatic heterocycles. The normalized spacial score (nSPS) is 22.0. The maximum atomic E-state index is 8.54. The van der Waals surface area contributed by atoms with Crippen molar-refractivity contribution in [3.63, 3.8) is 0 Å². The monoisotopic (exact) mass is 127 g/mol. The Kier molecular flexibility index (Phi) is 2.52. The molecular formula is C8H15O. The van der Waals surface area contributed by atoms with Gasteiger partial charge >= 0.3 is 0 Å². The molecule has 0 heterocycles. The molecule has 1 unspecified atom stereocenters. The van der Waals surface area contributed by atoms with Crippen LogP contribution in [0.3, 0.4) is 0 Å². The lowest BCUT2D eigenvalue weighted by Crippen LogP contribution is -1.94. The lowest BCUT2D eigenvalue weighted by Gasteiger charge is -2.03. The summed E-state index contributed by atoms with van der Waals surface area (Å²) in [6.07, 6.45) is 5.34. The maximum Gasteiger partial charge on any atom is 0.0827 e. The highest BCUT2D eigenvalue weighted by molar-refractivity contribution is 4.74. The van der Waals surface area contributed by atoms with Crippen molar-refractivity contribution in [1.29, 1.82) is 0 Å². The van der Waals surface area contributed by atoms with Crippen molar-refractivity contribution >= 4 is 0 Å². The number of hydrogen-bond donors (Lipinski definition) is 1. The first kappa shape index (κ1) is 7.07. The van der Waals surface area contributed by atoms with Crippen LogP contribution in [0.4, 0.5) is 0 Å². The van der Waals surface area contributed by atoms with Gasteiger partial charge in [0.2, 0.25) is 0 Å². The molecule has 1 aliphatic carbocycles. The van der Waals surface area contributed by atoms with E-state index in [1.165, 1.54) is 32.3 Å². The van der Waals surface area contributed by atoms with Crippen LogP contribution in [0, 0.1) is 18.4 Å². The van der Waals surface area contributed by atoms with E-state index in [1.54, 1.807) is 0 Å². The SMILES string of the molecule is CC([CH]O)CCC1CC1. The van der Waals surface area contributed by atoms with Crippen LogP contribution in [-0.2, 0) is 0 Å². The van der Waals surface area contributed by atoms with Gasteiger partial charge in [0.05, 0.1) is 6.61 Å². The molecule has 0 aromatic rings. The predicted molar refractivity (Wildman–Crippen MR) is 37.4 cm³/mol. The summed E-state index contributed by atoms with van der Waals surface area (Å²) >= 11 is 0. The topological polar surface area (TPSA) is 20.2 Å². The molecule has 1 rings (SSSR count). The Bertz CT molecular complexity index is 76.6. The molecule has 1 radical (unpaired) electrons. The fraction of sp³-hybridized carbons (Fsp3) is 0.875. The molecule has 1 nitrogen and oxygen atoms in total. The van der Waals surface area contributed by atoms with Crippen molar-refractivity contribution < 1.29 is 5.11 Å². The van der Waals surface area contributed by atoms with E-state index in [0.29, 0.717) is 5.92 Å². The highest BCUT2D eigenvalue weighted by Crippen LogP contribution is 2.34. The Morgan fingerprint density at radius 1 is 1.67 bits per heavy atom. The van der Waals surface area contributed by atoms with E-state index < -0.39 is 0 Å². The molecule has 0 saturated heterocycles. The van der Waals surface area contributed by atoms with Gasteiger partial charge in [-0.1, -0.05) is 26.2 Å². The van der Waals surface area contributed by atoms with Crippen LogP contribution in [0.2, 0.25) is 0 Å². The zero-order chi connectivity index (χ0) is 6.69. The zero-order valence-corrected chi connectivity index (χ0v) is 6.01. The third kappa shape index (κ3) is 2.85. The summed E-state index contributed by atoms with van der Waals surface area (Å²) in [7, 11) is 0. The summed E-state index contributed by atoms with van der Waals surface area (Å²) in [5.74, 6) is 1.41. The van der Waals surface area contributed by atoms with E-state index in [9.17, 15) is 0 Å². The quantitative estimate of drug-likeness (QED) is 0.614. The van der Waals surface area contributed by atoms with Gasteiger partial charge in [0.15, 0.2) is 0 Å². The van der Waals surface area contributed by atoms with Gasteiger partial charge in [0.25, 0.3) is 0 Å². The zero-order valence-electron chi connectivity index (χ0n) is 6.01. The average molecular weight is 127 g/mol. The minimum Gasteiger partial charge on any atom is -0.390 e. The molecule has 0 aliphatic heterocycles. The molecular weight excluding hydrogens is 112 g/mol. The van der Waals surface area contributed by atoms with E-state index in [4.69, 9.17) is 5.11 Å². The maximum absolute atomic E-state index is 8.54. The summed E-state index contributed by atoms with van der Waals surface area (Å²) in [6, 6.07) is 0. The van der Waals surface area contributed by atoms with Crippen molar-refractivity contribution in [2.75, 3.05) is 0 Å². The lowest BCUT2D eigenvalue weighted by molar-refractivity contribution is 0.311. The second-order valence-corrected chi connectivity index (χ2v) is 3.15. The Morgan fingerprint density at radius 2 is 2.33 bits per heavy atom. The van der Waals surface area contributed by atoms with Crippen LogP contribution in [0.25, 0.3) is 0 Å². The molecule has 53 valence electrons. The molecule has 0 bridgehead atoms. The van der Waals surface area contributed by atoms with Crippen molar-refractivity contribution in [2.45, 2.75) is 32.6 Å². The number of aliphatic hydroxyl groups is 1. The number of hydrogen-bond acceptors (Lipinski definition) is 1. The van der Waals surface area contributed by atoms with Gasteiger partial charge in [-0.2, -0.15) is 0 Å². The summed E-state index contributed by atoms with van der Waals surface area (Å²) < 4.78 is 0. The summed E-state index contributed by atoms with van der Waals surface area (Å²) in [6.45, 7) is 3.37. The Hall–Kier alpha value is -0.0400. The van der Waals surface area contributed by atoms with Crippen LogP contribution in [0.1, 0.15) is 32.6 Å². The Balaban J connectivity index is 1.90. The molecule has 0 amide bonds. The molecule has 1 saturated carbocycles. The van der Waals surface area contributed by atoms with Gasteiger partial charge < -0.3 is 5.11 Å². The van der Waals surface area contributed by atoms with Crippen LogP contribution >= 0.6 is 0 Å². The van der Waals surface area contributed by atoms with Crippen LogP contribution in [0.15, 0.2) is 0 Å². The first-order valence-electron chi connectivity index (χ1n) is 3.80. The molecule has 9 heavy (non-hydrogen) atoms. The Labute approximate surface area is 57.1 Å². The fourth-order valence-electron chi connectivity index (χ4n) is 0.980. The lowest BCUT2D eigenvalue weighted by atomic mass is 10.1. The minimum absolute atomic E-state index is 0.408.